The molecule has 4 amide bonds. The van der Waals surface area contributed by atoms with Gasteiger partial charge in [-0.3, -0.25) is 24.4 Å². The lowest BCUT2D eigenvalue weighted by atomic mass is 10.1. The van der Waals surface area contributed by atoms with E-state index in [2.05, 4.69) is 21.9 Å². The van der Waals surface area contributed by atoms with Gasteiger partial charge in [0, 0.05) is 18.4 Å². The molecule has 47 heavy (non-hydrogen) atoms. The molecule has 0 fully saturated rings. The van der Waals surface area contributed by atoms with E-state index in [1.54, 1.807) is 74.4 Å². The summed E-state index contributed by atoms with van der Waals surface area (Å²) in [5, 5.41) is 18.1. The van der Waals surface area contributed by atoms with Crippen molar-refractivity contribution in [2.24, 2.45) is 0 Å². The number of benzene rings is 1. The largest absolute Gasteiger partial charge is 0.459 e. The smallest absolute Gasteiger partial charge is 0.408 e. The van der Waals surface area contributed by atoms with Gasteiger partial charge in [0.15, 0.2) is 0 Å². The number of terminal acetylenes is 1. The molecular weight excluding hydrogens is 612 g/mol. The predicted molar refractivity (Wildman–Crippen MR) is 172 cm³/mol. The van der Waals surface area contributed by atoms with E-state index in [0.717, 1.165) is 0 Å². The number of hydrogen-bond donors (Lipinski definition) is 4. The molecule has 1 aromatic carbocycles. The summed E-state index contributed by atoms with van der Waals surface area (Å²) >= 11 is 0. The summed E-state index contributed by atoms with van der Waals surface area (Å²) < 4.78 is 15.8. The fourth-order valence-electron chi connectivity index (χ4n) is 3.79. The second-order valence-corrected chi connectivity index (χ2v) is 13.6. The highest BCUT2D eigenvalue weighted by Crippen LogP contribution is 2.17. The predicted octanol–water partition coefficient (Wildman–Crippen LogP) is 3.13. The number of esters is 2. The van der Waals surface area contributed by atoms with E-state index < -0.39 is 77.6 Å². The van der Waals surface area contributed by atoms with Gasteiger partial charge in [0.1, 0.15) is 35.4 Å². The van der Waals surface area contributed by atoms with Gasteiger partial charge < -0.3 is 30.2 Å². The molecule has 0 aliphatic rings. The van der Waals surface area contributed by atoms with E-state index in [9.17, 15) is 34.0 Å². The lowest BCUT2D eigenvalue weighted by Crippen LogP contribution is -2.50. The monoisotopic (exact) mass is 660 g/mol. The Balaban J connectivity index is 3.07. The van der Waals surface area contributed by atoms with Gasteiger partial charge >= 0.3 is 18.0 Å². The van der Waals surface area contributed by atoms with Crippen molar-refractivity contribution in [2.45, 2.75) is 117 Å². The summed E-state index contributed by atoms with van der Waals surface area (Å²) in [5.74, 6) is -1.44. The Morgan fingerprint density at radius 3 is 1.96 bits per heavy atom. The van der Waals surface area contributed by atoms with Crippen molar-refractivity contribution in [3.63, 3.8) is 0 Å². The molecule has 260 valence electrons. The Bertz CT molecular complexity index is 1330. The average molecular weight is 661 g/mol. The van der Waals surface area contributed by atoms with Crippen molar-refractivity contribution < 1.29 is 48.2 Å². The van der Waals surface area contributed by atoms with Crippen LogP contribution in [-0.2, 0) is 38.2 Å². The first-order valence-electron chi connectivity index (χ1n) is 15.1. The van der Waals surface area contributed by atoms with Gasteiger partial charge in [0.25, 0.3) is 5.91 Å². The molecule has 0 radical (unpaired) electrons. The number of anilines is 1. The first-order chi connectivity index (χ1) is 21.5. The Hall–Kier alpha value is -4.64. The van der Waals surface area contributed by atoms with Crippen LogP contribution in [-0.4, -0.2) is 76.4 Å². The Morgan fingerprint density at radius 2 is 1.40 bits per heavy atom. The third-order valence-electron chi connectivity index (χ3n) is 5.66. The van der Waals surface area contributed by atoms with Crippen LogP contribution in [0.5, 0.6) is 0 Å². The lowest BCUT2D eigenvalue weighted by molar-refractivity contribution is -0.158. The van der Waals surface area contributed by atoms with Crippen molar-refractivity contribution >= 4 is 41.4 Å². The van der Waals surface area contributed by atoms with Crippen LogP contribution in [0, 0.1) is 12.3 Å². The molecular formula is C33H48N4O10. The number of amides is 4. The van der Waals surface area contributed by atoms with E-state index in [1.807, 2.05) is 0 Å². The Kier molecular flexibility index (Phi) is 14.9. The molecule has 14 heteroatoms. The van der Waals surface area contributed by atoms with E-state index >= 15 is 0 Å². The number of hydroxylamine groups is 1. The molecule has 0 bridgehead atoms. The lowest BCUT2D eigenvalue weighted by Gasteiger charge is -2.26. The van der Waals surface area contributed by atoms with Gasteiger partial charge in [-0.05, 0) is 93.4 Å². The Labute approximate surface area is 276 Å². The highest BCUT2D eigenvalue weighted by molar-refractivity contribution is 5.93. The van der Waals surface area contributed by atoms with E-state index in [-0.39, 0.29) is 24.9 Å². The van der Waals surface area contributed by atoms with Gasteiger partial charge in [0.2, 0.25) is 11.8 Å². The number of nitrogens with one attached hydrogen (secondary N) is 3. The maximum atomic E-state index is 13.1. The van der Waals surface area contributed by atoms with Gasteiger partial charge in [-0.25, -0.2) is 9.59 Å². The zero-order valence-corrected chi connectivity index (χ0v) is 28.6. The quantitative estimate of drug-likeness (QED) is 0.0804. The zero-order chi connectivity index (χ0) is 36.2. The van der Waals surface area contributed by atoms with Crippen molar-refractivity contribution in [2.75, 3.05) is 11.6 Å². The van der Waals surface area contributed by atoms with Gasteiger partial charge in [-0.2, -0.15) is 5.06 Å². The molecule has 0 spiro atoms. The minimum atomic E-state index is -1.34. The number of carbonyl (C=O) groups is 6. The zero-order valence-electron chi connectivity index (χ0n) is 28.6. The third kappa shape index (κ3) is 17.0. The number of hydrogen-bond acceptors (Lipinski definition) is 10. The molecule has 0 unspecified atom stereocenters. The Morgan fingerprint density at radius 1 is 0.830 bits per heavy atom. The summed E-state index contributed by atoms with van der Waals surface area (Å²) in [6.07, 6.45) is 3.24. The molecule has 0 saturated carbocycles. The number of ether oxygens (including phenoxy) is 3. The second-order valence-electron chi connectivity index (χ2n) is 13.6. The molecule has 4 N–H and O–H groups in total. The molecule has 0 heterocycles. The van der Waals surface area contributed by atoms with E-state index in [0.29, 0.717) is 10.6 Å². The van der Waals surface area contributed by atoms with Crippen LogP contribution in [0.1, 0.15) is 93.6 Å². The van der Waals surface area contributed by atoms with Crippen LogP contribution in [0.3, 0.4) is 0 Å². The third-order valence-corrected chi connectivity index (χ3v) is 5.66. The van der Waals surface area contributed by atoms with Crippen LogP contribution in [0.2, 0.25) is 0 Å². The van der Waals surface area contributed by atoms with Crippen LogP contribution < -0.4 is 21.0 Å². The SMILES string of the molecule is C#Cc1cccc(N(O)C(=O)CC[C@@H](NC(=O)CC[C@H](NC(=O)OC(C)(C)C)C(=O)OC(C)(C)C)C(=O)NCC(=O)OC(C)(C)C)c1. The fourth-order valence-corrected chi connectivity index (χ4v) is 3.79. The van der Waals surface area contributed by atoms with Crippen LogP contribution >= 0.6 is 0 Å². The summed E-state index contributed by atoms with van der Waals surface area (Å²) in [6.45, 7) is 14.3. The molecule has 0 saturated heterocycles. The van der Waals surface area contributed by atoms with Crippen molar-refractivity contribution in [3.05, 3.63) is 29.8 Å². The maximum absolute atomic E-state index is 13.1. The summed E-state index contributed by atoms with van der Waals surface area (Å²) in [5.41, 5.74) is -2.02. The molecule has 0 aliphatic heterocycles. The highest BCUT2D eigenvalue weighted by atomic mass is 16.6. The molecule has 1 rings (SSSR count). The van der Waals surface area contributed by atoms with Crippen LogP contribution in [0.4, 0.5) is 10.5 Å². The van der Waals surface area contributed by atoms with Crippen molar-refractivity contribution in [1.82, 2.24) is 16.0 Å². The molecule has 14 nitrogen and oxygen atoms in total. The first kappa shape index (κ1) is 40.4. The summed E-state index contributed by atoms with van der Waals surface area (Å²) in [6, 6.07) is 3.43. The summed E-state index contributed by atoms with van der Waals surface area (Å²) in [4.78, 5) is 76.3. The second kappa shape index (κ2) is 17.3. The highest BCUT2D eigenvalue weighted by Gasteiger charge is 2.30. The number of nitrogens with zero attached hydrogens (tertiary/aromatic N) is 1. The van der Waals surface area contributed by atoms with E-state index in [1.165, 1.54) is 12.1 Å². The van der Waals surface area contributed by atoms with Gasteiger partial charge in [-0.15, -0.1) is 6.42 Å². The normalized spacial score (nSPS) is 12.8. The number of alkyl carbamates (subject to hydrolysis) is 1. The van der Waals surface area contributed by atoms with Crippen molar-refractivity contribution in [1.29, 1.82) is 0 Å². The summed E-state index contributed by atoms with van der Waals surface area (Å²) in [7, 11) is 0. The standard InChI is InChI=1S/C33H48N4O10/c1-11-21-13-12-14-22(19-21)37(44)26(39)18-16-23(28(41)34-20-27(40)45-31(2,3)4)35-25(38)17-15-24(29(42)46-32(5,6)7)36-30(43)47-33(8,9)10/h1,12-14,19,23-24,44H,15-18,20H2,2-10H3,(H,34,41)(H,35,38)(H,36,43)/t23-,24+/m1/s1. The van der Waals surface area contributed by atoms with Crippen LogP contribution in [0.15, 0.2) is 24.3 Å². The van der Waals surface area contributed by atoms with Crippen molar-refractivity contribution in [3.8, 4) is 12.3 Å². The molecule has 1 aromatic rings. The van der Waals surface area contributed by atoms with E-state index in [4.69, 9.17) is 20.6 Å². The first-order valence-corrected chi connectivity index (χ1v) is 15.1. The topological polar surface area (TPSA) is 190 Å². The molecule has 2 atom stereocenters. The van der Waals surface area contributed by atoms with Crippen LogP contribution in [0.25, 0.3) is 0 Å². The molecule has 0 aromatic heterocycles. The maximum Gasteiger partial charge on any atom is 0.408 e. The average Bonchev–Trinajstić information content (AvgIpc) is 2.92. The minimum absolute atomic E-state index is 0.103. The fraction of sp³-hybridized carbons (Fsp3) is 0.576. The number of rotatable bonds is 13. The number of carbonyl (C=O) groups excluding carboxylic acids is 6. The minimum Gasteiger partial charge on any atom is -0.459 e. The molecule has 0 aliphatic carbocycles. The van der Waals surface area contributed by atoms with Gasteiger partial charge in [-0.1, -0.05) is 12.0 Å². The van der Waals surface area contributed by atoms with Gasteiger partial charge in [0.05, 0.1) is 5.69 Å².